The maximum atomic E-state index is 10.1. The van der Waals surface area contributed by atoms with Crippen molar-refractivity contribution in [3.63, 3.8) is 0 Å². The van der Waals surface area contributed by atoms with Crippen molar-refractivity contribution in [1.82, 2.24) is 18.7 Å². The van der Waals surface area contributed by atoms with E-state index in [0.29, 0.717) is 51.9 Å². The molecule has 25 heteroatoms. The Kier molecular flexibility index (Phi) is 46.2. The Hall–Kier alpha value is -0.260. The number of hydrazine groups is 1. The van der Waals surface area contributed by atoms with Crippen molar-refractivity contribution < 1.29 is 49.3 Å². The molecule has 418 valence electrons. The minimum Gasteiger partial charge on any atom is -0.870 e. The third kappa shape index (κ3) is 34.0. The average molecular weight is 1250 g/mol. The number of aromatic nitrogens is 4. The first-order valence-corrected chi connectivity index (χ1v) is 31.6. The van der Waals surface area contributed by atoms with E-state index in [9.17, 15) is 4.79 Å². The second kappa shape index (κ2) is 42.6. The number of carbonyl (C=O) groups excluding carboxylic acids is 1. The van der Waals surface area contributed by atoms with Crippen molar-refractivity contribution in [1.29, 1.82) is 5.41 Å². The van der Waals surface area contributed by atoms with Crippen molar-refractivity contribution in [2.75, 3.05) is 50.5 Å². The minimum atomic E-state index is -1.36. The number of nitrogens with zero attached hydrogens (tertiary/aromatic N) is 5. The zero-order chi connectivity index (χ0) is 55.8. The SMILES string of the molecule is CCC(C)(C)c1ccc(OCCCN)c(C(C)(C)CC)c1.CCC(C)(C)c1ccc(OCCCN=C=O)c(C(C)(C)CC)c1.CSC(C)=N.CSc1nsc(Cl)n1.CSc1nsc(NN)n1.ClSC(Cl)(Cl)Cl.[Na+].[OH-]. The summed E-state index contributed by atoms with van der Waals surface area (Å²) in [5.41, 5.74) is 13.9. The Balaban J connectivity index is -0.000000433. The van der Waals surface area contributed by atoms with Gasteiger partial charge in [0.25, 0.3) is 3.12 Å². The molecule has 0 saturated heterocycles. The predicted octanol–water partition coefficient (Wildman–Crippen LogP) is 13.8. The molecule has 0 aliphatic carbocycles. The number of rotatable bonds is 20. The topological polar surface area (TPSA) is 217 Å². The van der Waals surface area contributed by atoms with E-state index in [1.54, 1.807) is 13.0 Å². The van der Waals surface area contributed by atoms with Crippen LogP contribution in [0.4, 0.5) is 5.13 Å². The standard InChI is InChI=1S/C20H31NO2.C19H33NO.C3H3ClN2S2.C3H6N4S2.C3H7NS.CCl4S.Na.H2O/c1-7-19(3,4)16-10-11-18(23-13-9-12-21-15-22)17(14-16)20(5,6)8-2;1-7-18(3,4)15-10-11-17(21-13-9-12-20)16(14-15)19(5,6)8-2;1-7-3-5-2(4)8-6-3;1-8-3-5-2(6-4)9-7-3;1-3(4)5-2;2-1(3,4)6-5;;/h10-11,14H,7-9,12-13H2,1-6H3;10-11,14H,7-9,12-13,20H2,1-6H3;1H3;4H2,1H3,(H,5,6,7);4H,1-2H3;;;1H2/q;;;;;;+1;/p-1. The van der Waals surface area contributed by atoms with Crippen LogP contribution in [-0.4, -0.2) is 83.5 Å². The van der Waals surface area contributed by atoms with Crippen LogP contribution in [0.25, 0.3) is 0 Å². The maximum absolute atomic E-state index is 10.1. The summed E-state index contributed by atoms with van der Waals surface area (Å²) in [6, 6.07) is 13.3. The van der Waals surface area contributed by atoms with Gasteiger partial charge in [-0.2, -0.15) is 18.7 Å². The molecular formula is C49H81Cl5N9NaO4S6. The molecule has 0 radical (unpaired) electrons. The number of hydrogen-bond acceptors (Lipinski definition) is 19. The van der Waals surface area contributed by atoms with E-state index in [1.165, 1.54) is 80.6 Å². The number of nitrogen functional groups attached to an aromatic ring is 1. The summed E-state index contributed by atoms with van der Waals surface area (Å²) >= 11 is 27.6. The van der Waals surface area contributed by atoms with E-state index < -0.39 is 3.12 Å². The summed E-state index contributed by atoms with van der Waals surface area (Å²) in [5, 5.41) is 9.54. The van der Waals surface area contributed by atoms with E-state index >= 15 is 0 Å². The molecule has 4 rings (SSSR count). The number of nitrogens with one attached hydrogen (secondary N) is 2. The minimum absolute atomic E-state index is 0. The average Bonchev–Trinajstić information content (AvgIpc) is 4.03. The van der Waals surface area contributed by atoms with Crippen LogP contribution in [-0.2, 0) is 26.5 Å². The van der Waals surface area contributed by atoms with Gasteiger partial charge in [0.1, 0.15) is 11.5 Å². The van der Waals surface area contributed by atoms with Gasteiger partial charge in [0, 0.05) is 40.1 Å². The summed E-state index contributed by atoms with van der Waals surface area (Å²) in [7, 11) is 5.65. The van der Waals surface area contributed by atoms with Crippen molar-refractivity contribution in [3.05, 3.63) is 63.1 Å². The molecule has 0 saturated carbocycles. The number of isocyanates is 1. The van der Waals surface area contributed by atoms with Crippen LogP contribution >= 0.6 is 126 Å². The summed E-state index contributed by atoms with van der Waals surface area (Å²) in [6.07, 6.45) is 13.3. The van der Waals surface area contributed by atoms with Gasteiger partial charge in [-0.05, 0) is 143 Å². The normalized spacial score (nSPS) is 11.0. The van der Waals surface area contributed by atoms with Crippen molar-refractivity contribution >= 4 is 143 Å². The quantitative estimate of drug-likeness (QED) is 0.00745. The molecule has 4 aromatic rings. The maximum Gasteiger partial charge on any atom is 1.00 e. The van der Waals surface area contributed by atoms with E-state index in [0.717, 1.165) is 60.3 Å². The third-order valence-corrected chi connectivity index (χ3v) is 17.2. The molecule has 0 aliphatic heterocycles. The first-order valence-electron chi connectivity index (χ1n) is 23.2. The molecule has 2 aromatic carbocycles. The fourth-order valence-corrected chi connectivity index (χ4v) is 7.51. The molecule has 0 atom stereocenters. The number of benzene rings is 2. The van der Waals surface area contributed by atoms with Gasteiger partial charge >= 0.3 is 29.6 Å². The summed E-state index contributed by atoms with van der Waals surface area (Å²) in [6.45, 7) is 31.4. The number of thioether (sulfide) groups is 3. The molecule has 0 amide bonds. The summed E-state index contributed by atoms with van der Waals surface area (Å²) < 4.78 is 19.0. The molecule has 13 nitrogen and oxygen atoms in total. The third-order valence-electron chi connectivity index (χ3n) is 11.5. The Morgan fingerprint density at radius 2 is 1.15 bits per heavy atom. The van der Waals surface area contributed by atoms with Gasteiger partial charge < -0.3 is 20.7 Å². The van der Waals surface area contributed by atoms with Crippen LogP contribution in [0.2, 0.25) is 4.47 Å². The van der Waals surface area contributed by atoms with E-state index in [2.05, 4.69) is 149 Å². The van der Waals surface area contributed by atoms with Crippen LogP contribution < -0.4 is 56.0 Å². The second-order valence-electron chi connectivity index (χ2n) is 18.1. The van der Waals surface area contributed by atoms with Gasteiger partial charge in [0.05, 0.1) is 24.8 Å². The zero-order valence-corrected chi connectivity index (χ0v) is 57.1. The van der Waals surface area contributed by atoms with E-state index in [4.69, 9.17) is 83.5 Å². The van der Waals surface area contributed by atoms with Gasteiger partial charge in [-0.1, -0.05) is 166 Å². The number of ether oxygens (including phenoxy) is 2. The first kappa shape index (κ1) is 80.2. The molecule has 0 spiro atoms. The molecule has 2 aromatic heterocycles. The van der Waals surface area contributed by atoms with Crippen LogP contribution in [0.1, 0.15) is 151 Å². The monoisotopic (exact) mass is 1250 g/mol. The van der Waals surface area contributed by atoms with Gasteiger partial charge in [0.2, 0.25) is 26.0 Å². The Morgan fingerprint density at radius 1 is 0.757 bits per heavy atom. The fraction of sp³-hybridized carbons (Fsp3) is 0.633. The molecule has 0 aliphatic rings. The molecule has 0 unspecified atom stereocenters. The van der Waals surface area contributed by atoms with Gasteiger partial charge in [-0.3, -0.25) is 10.8 Å². The number of anilines is 1. The van der Waals surface area contributed by atoms with Gasteiger partial charge in [-0.25, -0.2) is 15.6 Å². The number of halogens is 5. The molecule has 0 fully saturated rings. The van der Waals surface area contributed by atoms with Crippen molar-refractivity contribution in [2.45, 2.75) is 164 Å². The van der Waals surface area contributed by atoms with Gasteiger partial charge in [0.15, 0.2) is 0 Å². The van der Waals surface area contributed by atoms with Gasteiger partial charge in [-0.15, -0.1) is 11.8 Å². The van der Waals surface area contributed by atoms with E-state index in [1.807, 2.05) is 18.8 Å². The number of alkyl halides is 3. The molecule has 2 heterocycles. The smallest absolute Gasteiger partial charge is 0.870 e. The van der Waals surface area contributed by atoms with Crippen molar-refractivity contribution in [3.8, 4) is 11.5 Å². The predicted molar refractivity (Wildman–Crippen MR) is 327 cm³/mol. The molecule has 7 N–H and O–H groups in total. The van der Waals surface area contributed by atoms with E-state index in [-0.39, 0.29) is 56.7 Å². The Bertz CT molecular complexity index is 2150. The molecular weight excluding hydrogens is 1170 g/mol. The van der Waals surface area contributed by atoms with Crippen molar-refractivity contribution in [2.24, 2.45) is 16.6 Å². The largest absolute Gasteiger partial charge is 1.00 e. The number of aliphatic imine (C=N–C) groups is 1. The fourth-order valence-electron chi connectivity index (χ4n) is 5.26. The van der Waals surface area contributed by atoms with Crippen LogP contribution in [0.3, 0.4) is 0 Å². The Morgan fingerprint density at radius 3 is 1.42 bits per heavy atom. The molecule has 74 heavy (non-hydrogen) atoms. The summed E-state index contributed by atoms with van der Waals surface area (Å²) in [4.78, 5) is 21.5. The second-order valence-corrected chi connectivity index (χ2v) is 26.9. The Labute approximate surface area is 516 Å². The number of hydrogen-bond donors (Lipinski definition) is 4. The summed E-state index contributed by atoms with van der Waals surface area (Å²) in [5.74, 6) is 7.03. The first-order chi connectivity index (χ1) is 33.6. The number of nitrogens with two attached hydrogens (primary N) is 2. The van der Waals surface area contributed by atoms with Crippen LogP contribution in [0.5, 0.6) is 11.5 Å². The van der Waals surface area contributed by atoms with Crippen LogP contribution in [0, 0.1) is 5.41 Å². The zero-order valence-electron chi connectivity index (χ0n) is 46.4. The van der Waals surface area contributed by atoms with Crippen LogP contribution in [0.15, 0.2) is 51.7 Å². The molecule has 0 bridgehead atoms.